The van der Waals surface area contributed by atoms with Crippen molar-refractivity contribution in [1.29, 1.82) is 0 Å². The van der Waals surface area contributed by atoms with Gasteiger partial charge in [-0.05, 0) is 55.5 Å². The summed E-state index contributed by atoms with van der Waals surface area (Å²) in [5.74, 6) is 2.17. The first-order valence-corrected chi connectivity index (χ1v) is 12.8. The van der Waals surface area contributed by atoms with E-state index in [1.807, 2.05) is 12.1 Å². The Hall–Kier alpha value is -4.22. The van der Waals surface area contributed by atoms with Crippen LogP contribution in [-0.2, 0) is 15.9 Å². The highest BCUT2D eigenvalue weighted by Crippen LogP contribution is 2.33. The van der Waals surface area contributed by atoms with E-state index < -0.39 is 6.03 Å². The topological polar surface area (TPSA) is 130 Å². The summed E-state index contributed by atoms with van der Waals surface area (Å²) >= 11 is 0. The molecule has 0 aliphatic carbocycles. The first-order chi connectivity index (χ1) is 19.1. The monoisotopic (exact) mass is 533 g/mol. The zero-order valence-corrected chi connectivity index (χ0v) is 21.9. The fourth-order valence-electron chi connectivity index (χ4n) is 4.53. The average Bonchev–Trinajstić information content (AvgIpc) is 3.42. The Kier molecular flexibility index (Phi) is 8.49. The van der Waals surface area contributed by atoms with Gasteiger partial charge in [0.25, 0.3) is 0 Å². The van der Waals surface area contributed by atoms with Crippen LogP contribution >= 0.6 is 0 Å². The van der Waals surface area contributed by atoms with Gasteiger partial charge in [0.2, 0.25) is 11.8 Å². The molecule has 0 bridgehead atoms. The van der Waals surface area contributed by atoms with Crippen molar-refractivity contribution < 1.29 is 28.3 Å². The van der Waals surface area contributed by atoms with Gasteiger partial charge in [0.15, 0.2) is 0 Å². The van der Waals surface area contributed by atoms with Crippen LogP contribution in [0.4, 0.5) is 16.4 Å². The molecule has 5 rings (SSSR count). The minimum absolute atomic E-state index is 0.273. The van der Waals surface area contributed by atoms with E-state index in [4.69, 9.17) is 23.5 Å². The van der Waals surface area contributed by atoms with E-state index in [1.165, 1.54) is 6.33 Å². The lowest BCUT2D eigenvalue weighted by Crippen LogP contribution is -2.19. The maximum absolute atomic E-state index is 12.6. The summed E-state index contributed by atoms with van der Waals surface area (Å²) in [6.45, 7) is 2.07. The molecule has 3 heterocycles. The van der Waals surface area contributed by atoms with Crippen molar-refractivity contribution in [3.05, 3.63) is 60.0 Å². The Balaban J connectivity index is 1.26. The number of anilines is 2. The van der Waals surface area contributed by atoms with Gasteiger partial charge in [0.1, 0.15) is 17.8 Å². The van der Waals surface area contributed by atoms with E-state index in [2.05, 4.69) is 25.8 Å². The van der Waals surface area contributed by atoms with Crippen LogP contribution in [0.3, 0.4) is 0 Å². The molecular weight excluding hydrogens is 502 g/mol. The van der Waals surface area contributed by atoms with Crippen LogP contribution in [-0.4, -0.2) is 55.2 Å². The third kappa shape index (κ3) is 6.62. The molecule has 0 unspecified atom stereocenters. The van der Waals surface area contributed by atoms with Crippen LogP contribution in [0.15, 0.2) is 53.3 Å². The highest BCUT2D eigenvalue weighted by molar-refractivity contribution is 5.99. The molecular formula is C28H31N5O6. The molecule has 11 nitrogen and oxygen atoms in total. The first-order valence-electron chi connectivity index (χ1n) is 12.8. The molecule has 0 atom stereocenters. The number of nitrogens with one attached hydrogen (secondary N) is 2. The second-order valence-electron chi connectivity index (χ2n) is 9.17. The van der Waals surface area contributed by atoms with Gasteiger partial charge in [0, 0.05) is 50.7 Å². The van der Waals surface area contributed by atoms with Gasteiger partial charge in [-0.15, -0.1) is 0 Å². The van der Waals surface area contributed by atoms with Gasteiger partial charge >= 0.3 is 6.03 Å². The van der Waals surface area contributed by atoms with Gasteiger partial charge in [-0.25, -0.2) is 14.8 Å². The number of ether oxygens (including phenoxy) is 4. The summed E-state index contributed by atoms with van der Waals surface area (Å²) < 4.78 is 27.6. The van der Waals surface area contributed by atoms with Gasteiger partial charge in [0.05, 0.1) is 23.7 Å². The van der Waals surface area contributed by atoms with E-state index in [-0.39, 0.29) is 11.8 Å². The molecule has 2 aromatic heterocycles. The lowest BCUT2D eigenvalue weighted by Gasteiger charge is -2.19. The maximum atomic E-state index is 12.6. The third-order valence-electron chi connectivity index (χ3n) is 6.51. The molecule has 0 spiro atoms. The zero-order chi connectivity index (χ0) is 27.0. The summed E-state index contributed by atoms with van der Waals surface area (Å²) in [7, 11) is 3.32. The molecule has 1 fully saturated rings. The second-order valence-corrected chi connectivity index (χ2v) is 9.17. The maximum Gasteiger partial charge on any atom is 0.326 e. The zero-order valence-electron chi connectivity index (χ0n) is 21.9. The van der Waals surface area contributed by atoms with Crippen LogP contribution in [0, 0.1) is 0 Å². The minimum Gasteiger partial charge on any atom is -0.496 e. The van der Waals surface area contributed by atoms with Crippen molar-refractivity contribution in [2.45, 2.75) is 31.6 Å². The van der Waals surface area contributed by atoms with Crippen molar-refractivity contribution >= 4 is 28.5 Å². The number of methoxy groups -OCH3 is 2. The fourth-order valence-corrected chi connectivity index (χ4v) is 4.53. The van der Waals surface area contributed by atoms with Gasteiger partial charge in [-0.2, -0.15) is 0 Å². The predicted molar refractivity (Wildman–Crippen MR) is 145 cm³/mol. The van der Waals surface area contributed by atoms with Crippen LogP contribution in [0.1, 0.15) is 36.4 Å². The Morgan fingerprint density at radius 1 is 1.08 bits per heavy atom. The lowest BCUT2D eigenvalue weighted by molar-refractivity contribution is 0.0838. The van der Waals surface area contributed by atoms with Crippen molar-refractivity contribution in [3.63, 3.8) is 0 Å². The molecule has 0 radical (unpaired) electrons. The summed E-state index contributed by atoms with van der Waals surface area (Å²) in [5, 5.41) is 10.3. The molecule has 2 aromatic carbocycles. The van der Waals surface area contributed by atoms with Crippen LogP contribution in [0.5, 0.6) is 17.4 Å². The molecule has 2 amide bonds. The summed E-state index contributed by atoms with van der Waals surface area (Å²) in [6, 6.07) is 12.2. The molecule has 11 heteroatoms. The normalized spacial score (nSPS) is 13.8. The fraction of sp³-hybridized carbons (Fsp3) is 0.357. The van der Waals surface area contributed by atoms with E-state index in [0.29, 0.717) is 42.5 Å². The highest BCUT2D eigenvalue weighted by atomic mass is 16.5. The van der Waals surface area contributed by atoms with Gasteiger partial charge in [-0.3, -0.25) is 5.32 Å². The second kappa shape index (κ2) is 12.5. The quantitative estimate of drug-likeness (QED) is 0.253. The summed E-state index contributed by atoms with van der Waals surface area (Å²) in [5.41, 5.74) is 3.13. The van der Waals surface area contributed by atoms with Crippen LogP contribution < -0.4 is 20.1 Å². The number of fused-ring (bicyclic) bond motifs is 1. The molecule has 4 aromatic rings. The average molecular weight is 534 g/mol. The highest BCUT2D eigenvalue weighted by Gasteiger charge is 2.20. The number of aromatic nitrogens is 3. The number of nitrogens with zero attached hydrogens (tertiary/aromatic N) is 3. The molecule has 0 saturated carbocycles. The van der Waals surface area contributed by atoms with Crippen molar-refractivity contribution in [2.75, 3.05) is 44.7 Å². The Labute approximate surface area is 225 Å². The standard InChI is InChI=1S/C28H31N5O6/c1-35-10-4-5-19-13-24-22(15-25(19)36-2)27(30-17-29-24)38-21-7-3-6-20(14-21)31-28(34)32-26-16-23(33-39-26)18-8-11-37-12-9-18/h3,6-7,13-18H,4-5,8-12H2,1-2H3,(H2,31,32,34). The minimum atomic E-state index is -0.458. The third-order valence-corrected chi connectivity index (χ3v) is 6.51. The Morgan fingerprint density at radius 3 is 2.77 bits per heavy atom. The van der Waals surface area contributed by atoms with E-state index >= 15 is 0 Å². The van der Waals surface area contributed by atoms with Crippen molar-refractivity contribution in [1.82, 2.24) is 15.1 Å². The number of hydrogen-bond donors (Lipinski definition) is 2. The van der Waals surface area contributed by atoms with E-state index in [0.717, 1.165) is 48.2 Å². The molecule has 204 valence electrons. The number of urea groups is 1. The van der Waals surface area contributed by atoms with Gasteiger partial charge in [-0.1, -0.05) is 11.2 Å². The number of carbonyl (C=O) groups is 1. The number of amides is 2. The molecule has 1 aliphatic rings. The molecule has 39 heavy (non-hydrogen) atoms. The van der Waals surface area contributed by atoms with Crippen LogP contribution in [0.2, 0.25) is 0 Å². The number of benzene rings is 2. The van der Waals surface area contributed by atoms with Crippen LogP contribution in [0.25, 0.3) is 10.9 Å². The number of rotatable bonds is 10. The SMILES string of the molecule is COCCCc1cc2ncnc(Oc3cccc(NC(=O)Nc4cc(C5CCOCC5)no4)c3)c2cc1OC. The summed E-state index contributed by atoms with van der Waals surface area (Å²) in [4.78, 5) is 21.3. The predicted octanol–water partition coefficient (Wildman–Crippen LogP) is 5.54. The molecule has 1 aliphatic heterocycles. The number of aryl methyl sites for hydroxylation is 1. The first kappa shape index (κ1) is 26.4. The van der Waals surface area contributed by atoms with E-state index in [1.54, 1.807) is 44.6 Å². The lowest BCUT2D eigenvalue weighted by atomic mass is 9.97. The summed E-state index contributed by atoms with van der Waals surface area (Å²) in [6.07, 6.45) is 4.90. The smallest absolute Gasteiger partial charge is 0.326 e. The Bertz CT molecular complexity index is 1420. The van der Waals surface area contributed by atoms with Gasteiger partial charge < -0.3 is 28.8 Å². The number of carbonyl (C=O) groups excluding carboxylic acids is 1. The van der Waals surface area contributed by atoms with Crippen molar-refractivity contribution in [2.24, 2.45) is 0 Å². The Morgan fingerprint density at radius 2 is 1.95 bits per heavy atom. The molecule has 1 saturated heterocycles. The van der Waals surface area contributed by atoms with Crippen molar-refractivity contribution in [3.8, 4) is 17.4 Å². The largest absolute Gasteiger partial charge is 0.496 e. The van der Waals surface area contributed by atoms with E-state index in [9.17, 15) is 4.79 Å². The molecule has 2 N–H and O–H groups in total. The number of hydrogen-bond acceptors (Lipinski definition) is 9.